The maximum absolute atomic E-state index is 6.10. The van der Waals surface area contributed by atoms with E-state index in [1.165, 1.54) is 5.56 Å². The van der Waals surface area contributed by atoms with E-state index in [1.807, 2.05) is 36.8 Å². The van der Waals surface area contributed by atoms with E-state index < -0.39 is 0 Å². The van der Waals surface area contributed by atoms with Crippen molar-refractivity contribution in [1.29, 1.82) is 0 Å². The molecular weight excluding hydrogens is 246 g/mol. The molecule has 0 saturated heterocycles. The molecule has 0 aliphatic rings. The van der Waals surface area contributed by atoms with Gasteiger partial charge >= 0.3 is 0 Å². The van der Waals surface area contributed by atoms with Crippen LogP contribution in [0.1, 0.15) is 43.6 Å². The molecule has 1 aromatic heterocycles. The summed E-state index contributed by atoms with van der Waals surface area (Å²) >= 11 is 5.91. The molecule has 0 radical (unpaired) electrons. The van der Waals surface area contributed by atoms with Gasteiger partial charge in [0.05, 0.1) is 18.1 Å². The third-order valence-electron chi connectivity index (χ3n) is 3.29. The van der Waals surface area contributed by atoms with Crippen LogP contribution in [0, 0.1) is 0 Å². The van der Waals surface area contributed by atoms with Gasteiger partial charge in [-0.2, -0.15) is 0 Å². The smallest absolute Gasteiger partial charge is 0.0954 e. The molecule has 2 N–H and O–H groups in total. The minimum absolute atomic E-state index is 0.0299. The first kappa shape index (κ1) is 13.1. The predicted octanol–water partition coefficient (Wildman–Crippen LogP) is 3.56. The number of imidazole rings is 1. The lowest BCUT2D eigenvalue weighted by atomic mass is 10.1. The number of hydrogen-bond donors (Lipinski definition) is 1. The number of halogens is 1. The van der Waals surface area contributed by atoms with Crippen molar-refractivity contribution in [2.24, 2.45) is 5.73 Å². The molecule has 0 saturated carbocycles. The van der Waals surface area contributed by atoms with Gasteiger partial charge in [-0.15, -0.1) is 0 Å². The molecule has 2 aromatic rings. The van der Waals surface area contributed by atoms with Crippen molar-refractivity contribution in [2.75, 3.05) is 0 Å². The Labute approximate surface area is 113 Å². The van der Waals surface area contributed by atoms with Crippen LogP contribution in [0.5, 0.6) is 0 Å². The molecule has 2 atom stereocenters. The molecule has 0 amide bonds. The summed E-state index contributed by atoms with van der Waals surface area (Å²) in [6.07, 6.45) is 4.59. The highest BCUT2D eigenvalue weighted by atomic mass is 35.5. The standard InChI is InChI=1S/C14H18ClN3/c1-3-13(16)14-8-17-9-18(14)10(2)11-4-6-12(15)7-5-11/h4-10,13H,3,16H2,1-2H3/t10?,13-/m1/s1. The Morgan fingerprint density at radius 1 is 1.33 bits per heavy atom. The maximum Gasteiger partial charge on any atom is 0.0954 e. The molecule has 0 bridgehead atoms. The molecule has 1 heterocycles. The van der Waals surface area contributed by atoms with Crippen LogP contribution in [0.4, 0.5) is 0 Å². The van der Waals surface area contributed by atoms with Crippen LogP contribution in [0.25, 0.3) is 0 Å². The Balaban J connectivity index is 2.31. The third-order valence-corrected chi connectivity index (χ3v) is 3.54. The van der Waals surface area contributed by atoms with Crippen LogP contribution in [0.2, 0.25) is 5.02 Å². The normalized spacial score (nSPS) is 14.4. The molecule has 4 heteroatoms. The second-order valence-electron chi connectivity index (χ2n) is 4.47. The molecule has 96 valence electrons. The van der Waals surface area contributed by atoms with Crippen molar-refractivity contribution in [3.63, 3.8) is 0 Å². The van der Waals surface area contributed by atoms with Crippen LogP contribution in [0.3, 0.4) is 0 Å². The van der Waals surface area contributed by atoms with Gasteiger partial charge in [0.15, 0.2) is 0 Å². The van der Waals surface area contributed by atoms with E-state index in [0.717, 1.165) is 17.1 Å². The average Bonchev–Trinajstić information content (AvgIpc) is 2.87. The Hall–Kier alpha value is -1.32. The Kier molecular flexibility index (Phi) is 4.04. The van der Waals surface area contributed by atoms with Crippen molar-refractivity contribution < 1.29 is 0 Å². The first-order valence-corrected chi connectivity index (χ1v) is 6.54. The van der Waals surface area contributed by atoms with Crippen LogP contribution in [-0.4, -0.2) is 9.55 Å². The highest BCUT2D eigenvalue weighted by molar-refractivity contribution is 6.30. The zero-order valence-electron chi connectivity index (χ0n) is 10.7. The summed E-state index contributed by atoms with van der Waals surface area (Å²) in [4.78, 5) is 4.21. The van der Waals surface area contributed by atoms with Gasteiger partial charge in [-0.3, -0.25) is 0 Å². The highest BCUT2D eigenvalue weighted by Crippen LogP contribution is 2.24. The fourth-order valence-electron chi connectivity index (χ4n) is 2.04. The van der Waals surface area contributed by atoms with Crippen LogP contribution < -0.4 is 5.73 Å². The van der Waals surface area contributed by atoms with Gasteiger partial charge < -0.3 is 10.3 Å². The van der Waals surface area contributed by atoms with Gasteiger partial charge in [-0.25, -0.2) is 4.98 Å². The molecule has 0 aliphatic carbocycles. The third kappa shape index (κ3) is 2.57. The van der Waals surface area contributed by atoms with Gasteiger partial charge in [0, 0.05) is 17.3 Å². The number of rotatable bonds is 4. The average molecular weight is 264 g/mol. The van der Waals surface area contributed by atoms with Gasteiger partial charge in [-0.05, 0) is 31.0 Å². The fraction of sp³-hybridized carbons (Fsp3) is 0.357. The molecule has 18 heavy (non-hydrogen) atoms. The zero-order chi connectivity index (χ0) is 13.1. The molecule has 1 aromatic carbocycles. The summed E-state index contributed by atoms with van der Waals surface area (Å²) in [6.45, 7) is 4.21. The predicted molar refractivity (Wildman–Crippen MR) is 74.7 cm³/mol. The summed E-state index contributed by atoms with van der Waals surface area (Å²) < 4.78 is 2.12. The van der Waals surface area contributed by atoms with Gasteiger partial charge in [0.25, 0.3) is 0 Å². The first-order chi connectivity index (χ1) is 8.63. The fourth-order valence-corrected chi connectivity index (χ4v) is 2.16. The van der Waals surface area contributed by atoms with Crippen molar-refractivity contribution in [3.05, 3.63) is 53.1 Å². The zero-order valence-corrected chi connectivity index (χ0v) is 11.4. The van der Waals surface area contributed by atoms with E-state index in [0.29, 0.717) is 0 Å². The number of hydrogen-bond acceptors (Lipinski definition) is 2. The van der Waals surface area contributed by atoms with E-state index in [4.69, 9.17) is 17.3 Å². The van der Waals surface area contributed by atoms with Crippen LogP contribution in [0.15, 0.2) is 36.8 Å². The highest BCUT2D eigenvalue weighted by Gasteiger charge is 2.15. The van der Waals surface area contributed by atoms with E-state index in [1.54, 1.807) is 0 Å². The van der Waals surface area contributed by atoms with Gasteiger partial charge in [0.1, 0.15) is 0 Å². The summed E-state index contributed by atoms with van der Waals surface area (Å²) in [5, 5.41) is 0.752. The Bertz CT molecular complexity index is 504. The quantitative estimate of drug-likeness (QED) is 0.917. The maximum atomic E-state index is 6.10. The molecule has 0 spiro atoms. The minimum Gasteiger partial charge on any atom is -0.326 e. The van der Waals surface area contributed by atoms with Crippen molar-refractivity contribution in [3.8, 4) is 0 Å². The lowest BCUT2D eigenvalue weighted by Crippen LogP contribution is -2.17. The summed E-state index contributed by atoms with van der Waals surface area (Å²) in [5.74, 6) is 0. The van der Waals surface area contributed by atoms with E-state index >= 15 is 0 Å². The SMILES string of the molecule is CC[C@@H](N)c1cncn1C(C)c1ccc(Cl)cc1. The van der Waals surface area contributed by atoms with Crippen molar-refractivity contribution in [2.45, 2.75) is 32.4 Å². The molecule has 1 unspecified atom stereocenters. The minimum atomic E-state index is 0.0299. The van der Waals surface area contributed by atoms with Gasteiger partial charge in [0.2, 0.25) is 0 Å². The number of aromatic nitrogens is 2. The summed E-state index contributed by atoms with van der Waals surface area (Å²) in [5.41, 5.74) is 8.36. The molecule has 2 rings (SSSR count). The van der Waals surface area contributed by atoms with E-state index in [9.17, 15) is 0 Å². The van der Waals surface area contributed by atoms with E-state index in [-0.39, 0.29) is 12.1 Å². The first-order valence-electron chi connectivity index (χ1n) is 6.16. The Morgan fingerprint density at radius 3 is 2.61 bits per heavy atom. The summed E-state index contributed by atoms with van der Waals surface area (Å²) in [7, 11) is 0. The number of benzene rings is 1. The largest absolute Gasteiger partial charge is 0.326 e. The monoisotopic (exact) mass is 263 g/mol. The van der Waals surface area contributed by atoms with Crippen LogP contribution >= 0.6 is 11.6 Å². The number of nitrogens with two attached hydrogens (primary N) is 1. The number of nitrogens with zero attached hydrogens (tertiary/aromatic N) is 2. The van der Waals surface area contributed by atoms with Crippen LogP contribution in [-0.2, 0) is 0 Å². The summed E-state index contributed by atoms with van der Waals surface area (Å²) in [6, 6.07) is 8.12. The van der Waals surface area contributed by atoms with E-state index in [2.05, 4.69) is 23.4 Å². The van der Waals surface area contributed by atoms with Crippen molar-refractivity contribution in [1.82, 2.24) is 9.55 Å². The second kappa shape index (κ2) is 5.55. The molecule has 3 nitrogen and oxygen atoms in total. The van der Waals surface area contributed by atoms with Crippen molar-refractivity contribution >= 4 is 11.6 Å². The lowest BCUT2D eigenvalue weighted by molar-refractivity contribution is 0.558. The molecule has 0 aliphatic heterocycles. The molecule has 0 fully saturated rings. The second-order valence-corrected chi connectivity index (χ2v) is 4.90. The van der Waals surface area contributed by atoms with Gasteiger partial charge in [-0.1, -0.05) is 30.7 Å². The topological polar surface area (TPSA) is 43.8 Å². The molecular formula is C14H18ClN3. The lowest BCUT2D eigenvalue weighted by Gasteiger charge is -2.19. The Morgan fingerprint density at radius 2 is 2.00 bits per heavy atom.